The molecule has 0 aliphatic heterocycles. The molecule has 20 heavy (non-hydrogen) atoms. The van der Waals surface area contributed by atoms with Crippen LogP contribution in [0.25, 0.3) is 0 Å². The fraction of sp³-hybridized carbons (Fsp3) is 0.200. The van der Waals surface area contributed by atoms with Crippen molar-refractivity contribution in [3.8, 4) is 0 Å². The summed E-state index contributed by atoms with van der Waals surface area (Å²) in [7, 11) is 0. The molecule has 0 fully saturated rings. The van der Waals surface area contributed by atoms with Crippen molar-refractivity contribution in [1.29, 1.82) is 0 Å². The minimum atomic E-state index is -4.32. The number of alkyl halides is 3. The van der Waals surface area contributed by atoms with Gasteiger partial charge in [0.2, 0.25) is 0 Å². The third kappa shape index (κ3) is 3.52. The zero-order chi connectivity index (χ0) is 14.8. The molecular weight excluding hydrogens is 287 g/mol. The van der Waals surface area contributed by atoms with Crippen LogP contribution in [-0.2, 0) is 12.6 Å². The Morgan fingerprint density at radius 3 is 2.15 bits per heavy atom. The van der Waals surface area contributed by atoms with E-state index in [-0.39, 0.29) is 6.04 Å². The van der Waals surface area contributed by atoms with Gasteiger partial charge in [0.15, 0.2) is 0 Å². The quantitative estimate of drug-likeness (QED) is 0.880. The first-order chi connectivity index (χ1) is 9.38. The second-order valence-electron chi connectivity index (χ2n) is 4.53. The van der Waals surface area contributed by atoms with E-state index in [0.29, 0.717) is 11.4 Å². The predicted molar refractivity (Wildman–Crippen MR) is 73.5 cm³/mol. The Hall–Kier alpha value is -1.52. The van der Waals surface area contributed by atoms with Gasteiger partial charge in [-0.3, -0.25) is 0 Å². The second kappa shape index (κ2) is 5.85. The Morgan fingerprint density at radius 2 is 1.60 bits per heavy atom. The number of nitrogens with two attached hydrogens (primary N) is 1. The van der Waals surface area contributed by atoms with Gasteiger partial charge in [0.1, 0.15) is 0 Å². The molecule has 5 heteroatoms. The lowest BCUT2D eigenvalue weighted by molar-refractivity contribution is -0.137. The van der Waals surface area contributed by atoms with E-state index in [9.17, 15) is 13.2 Å². The van der Waals surface area contributed by atoms with Crippen LogP contribution in [0.2, 0.25) is 5.02 Å². The van der Waals surface area contributed by atoms with Gasteiger partial charge in [-0.05, 0) is 35.7 Å². The number of benzene rings is 2. The molecule has 106 valence electrons. The maximum absolute atomic E-state index is 12.5. The van der Waals surface area contributed by atoms with Gasteiger partial charge in [-0.1, -0.05) is 41.9 Å². The Kier molecular flexibility index (Phi) is 4.35. The molecule has 1 atom stereocenters. The molecule has 1 unspecified atom stereocenters. The van der Waals surface area contributed by atoms with Crippen molar-refractivity contribution < 1.29 is 13.2 Å². The van der Waals surface area contributed by atoms with Crippen molar-refractivity contribution in [3.05, 3.63) is 70.2 Å². The Labute approximate surface area is 120 Å². The summed E-state index contributed by atoms with van der Waals surface area (Å²) in [6, 6.07) is 11.9. The van der Waals surface area contributed by atoms with Crippen molar-refractivity contribution in [3.63, 3.8) is 0 Å². The van der Waals surface area contributed by atoms with Crippen LogP contribution in [0.5, 0.6) is 0 Å². The molecule has 0 amide bonds. The molecule has 0 spiro atoms. The fourth-order valence-electron chi connectivity index (χ4n) is 1.97. The van der Waals surface area contributed by atoms with Crippen LogP contribution in [0.4, 0.5) is 13.2 Å². The highest BCUT2D eigenvalue weighted by Gasteiger charge is 2.29. The van der Waals surface area contributed by atoms with Gasteiger partial charge in [-0.25, -0.2) is 0 Å². The molecule has 0 aromatic heterocycles. The van der Waals surface area contributed by atoms with Crippen LogP contribution in [0.3, 0.4) is 0 Å². The highest BCUT2D eigenvalue weighted by molar-refractivity contribution is 6.31. The lowest BCUT2D eigenvalue weighted by atomic mass is 9.99. The van der Waals surface area contributed by atoms with Crippen LogP contribution < -0.4 is 5.73 Å². The fourth-order valence-corrected chi connectivity index (χ4v) is 2.25. The summed E-state index contributed by atoms with van der Waals surface area (Å²) in [6.45, 7) is 0. The van der Waals surface area contributed by atoms with Crippen molar-refractivity contribution in [2.24, 2.45) is 5.73 Å². The van der Waals surface area contributed by atoms with E-state index in [1.54, 1.807) is 12.1 Å². The summed E-state index contributed by atoms with van der Waals surface area (Å²) in [5.41, 5.74) is 6.91. The molecule has 0 heterocycles. The van der Waals surface area contributed by atoms with Crippen LogP contribution in [0.15, 0.2) is 48.5 Å². The molecule has 2 aromatic rings. The van der Waals surface area contributed by atoms with Gasteiger partial charge in [0.05, 0.1) is 5.56 Å². The smallest absolute Gasteiger partial charge is 0.324 e. The van der Waals surface area contributed by atoms with Gasteiger partial charge in [-0.2, -0.15) is 13.2 Å². The number of hydrogen-bond acceptors (Lipinski definition) is 1. The van der Waals surface area contributed by atoms with Crippen LogP contribution in [-0.4, -0.2) is 0 Å². The molecular formula is C15H13ClF3N. The van der Waals surface area contributed by atoms with Gasteiger partial charge < -0.3 is 5.73 Å². The van der Waals surface area contributed by atoms with Crippen LogP contribution >= 0.6 is 11.6 Å². The Balaban J connectivity index is 2.13. The minimum absolute atomic E-state index is 0.347. The zero-order valence-corrected chi connectivity index (χ0v) is 11.2. The Bertz CT molecular complexity index is 578. The van der Waals surface area contributed by atoms with E-state index in [2.05, 4.69) is 0 Å². The van der Waals surface area contributed by atoms with E-state index < -0.39 is 11.7 Å². The van der Waals surface area contributed by atoms with E-state index in [1.165, 1.54) is 12.1 Å². The van der Waals surface area contributed by atoms with Gasteiger partial charge in [-0.15, -0.1) is 0 Å². The summed E-state index contributed by atoms with van der Waals surface area (Å²) in [6.07, 6.45) is -3.88. The third-order valence-electron chi connectivity index (χ3n) is 3.04. The summed E-state index contributed by atoms with van der Waals surface area (Å²) >= 11 is 6.04. The molecule has 2 aromatic carbocycles. The molecule has 0 aliphatic carbocycles. The topological polar surface area (TPSA) is 26.0 Å². The van der Waals surface area contributed by atoms with Crippen molar-refractivity contribution in [2.45, 2.75) is 18.6 Å². The predicted octanol–water partition coefficient (Wildman–Crippen LogP) is 4.60. The summed E-state index contributed by atoms with van der Waals surface area (Å²) in [5.74, 6) is 0. The molecule has 2 N–H and O–H groups in total. The first-order valence-electron chi connectivity index (χ1n) is 6.04. The van der Waals surface area contributed by atoms with Crippen LogP contribution in [0.1, 0.15) is 22.7 Å². The second-order valence-corrected chi connectivity index (χ2v) is 4.93. The highest BCUT2D eigenvalue weighted by Crippen LogP contribution is 2.30. The summed E-state index contributed by atoms with van der Waals surface area (Å²) < 4.78 is 37.4. The molecule has 0 bridgehead atoms. The minimum Gasteiger partial charge on any atom is -0.324 e. The van der Waals surface area contributed by atoms with Gasteiger partial charge >= 0.3 is 6.18 Å². The van der Waals surface area contributed by atoms with Crippen molar-refractivity contribution >= 4 is 11.6 Å². The first-order valence-corrected chi connectivity index (χ1v) is 6.42. The lowest BCUT2D eigenvalue weighted by Crippen LogP contribution is -2.14. The summed E-state index contributed by atoms with van der Waals surface area (Å²) in [4.78, 5) is 0. The van der Waals surface area contributed by atoms with E-state index >= 15 is 0 Å². The van der Waals surface area contributed by atoms with E-state index in [0.717, 1.165) is 23.3 Å². The standard InChI is InChI=1S/C15H13ClF3N/c16-13-4-2-1-3-12(13)14(20)9-10-5-7-11(8-6-10)15(17,18)19/h1-8,14H,9,20H2. The van der Waals surface area contributed by atoms with E-state index in [4.69, 9.17) is 17.3 Å². The normalized spacial score (nSPS) is 13.2. The van der Waals surface area contributed by atoms with Crippen LogP contribution in [0, 0.1) is 0 Å². The average molecular weight is 300 g/mol. The molecule has 0 aliphatic rings. The van der Waals surface area contributed by atoms with Gasteiger partial charge in [0, 0.05) is 11.1 Å². The maximum atomic E-state index is 12.5. The molecule has 0 saturated heterocycles. The number of halogens is 4. The third-order valence-corrected chi connectivity index (χ3v) is 3.39. The largest absolute Gasteiger partial charge is 0.416 e. The lowest BCUT2D eigenvalue weighted by Gasteiger charge is -2.14. The number of rotatable bonds is 3. The average Bonchev–Trinajstić information content (AvgIpc) is 2.38. The molecule has 0 radical (unpaired) electrons. The molecule has 0 saturated carbocycles. The van der Waals surface area contributed by atoms with Crippen molar-refractivity contribution in [1.82, 2.24) is 0 Å². The molecule has 1 nitrogen and oxygen atoms in total. The van der Waals surface area contributed by atoms with Gasteiger partial charge in [0.25, 0.3) is 0 Å². The molecule has 2 rings (SSSR count). The Morgan fingerprint density at radius 1 is 1.00 bits per heavy atom. The highest BCUT2D eigenvalue weighted by atomic mass is 35.5. The number of hydrogen-bond donors (Lipinski definition) is 1. The van der Waals surface area contributed by atoms with Crippen molar-refractivity contribution in [2.75, 3.05) is 0 Å². The van der Waals surface area contributed by atoms with E-state index in [1.807, 2.05) is 12.1 Å². The SMILES string of the molecule is NC(Cc1ccc(C(F)(F)F)cc1)c1ccccc1Cl. The zero-order valence-electron chi connectivity index (χ0n) is 10.5. The first kappa shape index (κ1) is 14.9. The maximum Gasteiger partial charge on any atom is 0.416 e. The monoisotopic (exact) mass is 299 g/mol. The summed E-state index contributed by atoms with van der Waals surface area (Å²) in [5, 5.41) is 0.562.